The lowest BCUT2D eigenvalue weighted by Crippen LogP contribution is -2.32. The Morgan fingerprint density at radius 1 is 0.891 bits per heavy atom. The Morgan fingerprint density at radius 3 is 2.07 bits per heavy atom. The Bertz CT molecular complexity index is 1760. The maximum absolute atomic E-state index is 13.4. The van der Waals surface area contributed by atoms with Gasteiger partial charge in [-0.25, -0.2) is 19.2 Å². The summed E-state index contributed by atoms with van der Waals surface area (Å²) in [6.45, 7) is 3.90. The minimum Gasteiger partial charge on any atom is -0.466 e. The summed E-state index contributed by atoms with van der Waals surface area (Å²) in [6, 6.07) is 13.3. The van der Waals surface area contributed by atoms with Gasteiger partial charge in [-0.15, -0.1) is 11.3 Å². The molecule has 0 fully saturated rings. The number of thiophene rings is 1. The van der Waals surface area contributed by atoms with Crippen LogP contribution < -0.4 is 9.80 Å². The topological polar surface area (TPSA) is 155 Å². The number of nitrogens with zero attached hydrogens (tertiary/aromatic N) is 3. The largest absolute Gasteiger partial charge is 0.466 e. The van der Waals surface area contributed by atoms with Crippen molar-refractivity contribution < 1.29 is 43.0 Å². The fourth-order valence-corrected chi connectivity index (χ4v) is 6.90. The SMILES string of the molecule is COC(=O)/C=C(/SC1=C(C)N(Cc2ccc(C)cc2)c2c(sc(C(=O)OC)c2C(=O)OC)N1c1ccc([N+](=O)[O-])cc1)C(=O)OC. The van der Waals surface area contributed by atoms with E-state index in [2.05, 4.69) is 0 Å². The highest BCUT2D eigenvalue weighted by Crippen LogP contribution is 2.55. The maximum atomic E-state index is 13.4. The van der Waals surface area contributed by atoms with Crippen molar-refractivity contribution in [3.05, 3.63) is 102 Å². The van der Waals surface area contributed by atoms with Crippen molar-refractivity contribution in [2.45, 2.75) is 20.4 Å². The highest BCUT2D eigenvalue weighted by atomic mass is 32.2. The van der Waals surface area contributed by atoms with Crippen LogP contribution in [0.3, 0.4) is 0 Å². The number of nitro groups is 1. The van der Waals surface area contributed by atoms with Crippen LogP contribution in [0.1, 0.15) is 38.1 Å². The number of methoxy groups -OCH3 is 4. The summed E-state index contributed by atoms with van der Waals surface area (Å²) in [6.07, 6.45) is 0.985. The summed E-state index contributed by atoms with van der Waals surface area (Å²) >= 11 is 1.81. The molecule has 1 aliphatic rings. The molecule has 0 N–H and O–H groups in total. The number of ether oxygens (including phenoxy) is 4. The highest BCUT2D eigenvalue weighted by molar-refractivity contribution is 8.07. The van der Waals surface area contributed by atoms with Crippen molar-refractivity contribution in [3.63, 3.8) is 0 Å². The van der Waals surface area contributed by atoms with E-state index in [4.69, 9.17) is 18.9 Å². The molecule has 0 atom stereocenters. The molecule has 13 nitrogen and oxygen atoms in total. The third-order valence-corrected chi connectivity index (χ3v) is 9.16. The standard InChI is InChI=1S/C31H29N3O10S2/c1-17-7-9-19(10-8-17)16-32-18(2)27(45-22(29(36)42-4)15-23(35)41-3)33(20-11-13-21(14-12-20)34(39)40)28-25(32)24(30(37)43-5)26(46-28)31(38)44-6/h7-15H,16H2,1-6H3/b22-15+. The smallest absolute Gasteiger partial charge is 0.349 e. The Hall–Kier alpha value is -5.15. The molecule has 1 aliphatic heterocycles. The van der Waals surface area contributed by atoms with Crippen LogP contribution in [-0.2, 0) is 35.1 Å². The van der Waals surface area contributed by atoms with E-state index in [9.17, 15) is 29.3 Å². The van der Waals surface area contributed by atoms with Crippen LogP contribution in [0.5, 0.6) is 0 Å². The second-order valence-electron chi connectivity index (χ2n) is 9.64. The third kappa shape index (κ3) is 6.74. The molecular formula is C31H29N3O10S2. The zero-order valence-corrected chi connectivity index (χ0v) is 27.3. The molecule has 0 bridgehead atoms. The summed E-state index contributed by atoms with van der Waals surface area (Å²) in [5.74, 6) is -3.21. The van der Waals surface area contributed by atoms with Gasteiger partial charge in [0.15, 0.2) is 0 Å². The molecule has 15 heteroatoms. The summed E-state index contributed by atoms with van der Waals surface area (Å²) in [5.41, 5.74) is 2.86. The van der Waals surface area contributed by atoms with Crippen molar-refractivity contribution in [2.75, 3.05) is 38.2 Å². The Kier molecular flexibility index (Phi) is 10.5. The number of hydrogen-bond donors (Lipinski definition) is 0. The molecule has 0 unspecified atom stereocenters. The Balaban J connectivity index is 2.09. The number of nitro benzene ring substituents is 1. The first-order chi connectivity index (χ1) is 21.9. The van der Waals surface area contributed by atoms with Crippen LogP contribution in [0.4, 0.5) is 22.1 Å². The highest BCUT2D eigenvalue weighted by Gasteiger charge is 2.41. The molecule has 0 aliphatic carbocycles. The molecule has 4 rings (SSSR count). The number of esters is 4. The fraction of sp³-hybridized carbons (Fsp3) is 0.226. The predicted molar refractivity (Wildman–Crippen MR) is 172 cm³/mol. The number of aryl methyl sites for hydroxylation is 1. The zero-order chi connectivity index (χ0) is 33.7. The summed E-state index contributed by atoms with van der Waals surface area (Å²) in [7, 11) is 4.71. The number of hydrogen-bond acceptors (Lipinski definition) is 14. The van der Waals surface area contributed by atoms with Crippen LogP contribution in [0, 0.1) is 17.0 Å². The second-order valence-corrected chi connectivity index (χ2v) is 11.7. The second kappa shape index (κ2) is 14.3. The number of benzene rings is 2. The number of carbonyl (C=O) groups excluding carboxylic acids is 4. The molecule has 2 heterocycles. The van der Waals surface area contributed by atoms with E-state index in [1.165, 1.54) is 38.5 Å². The van der Waals surface area contributed by atoms with E-state index in [-0.39, 0.29) is 27.6 Å². The first-order valence-electron chi connectivity index (χ1n) is 13.4. The van der Waals surface area contributed by atoms with Gasteiger partial charge in [-0.2, -0.15) is 0 Å². The van der Waals surface area contributed by atoms with Crippen LogP contribution in [0.25, 0.3) is 0 Å². The van der Waals surface area contributed by atoms with E-state index in [1.54, 1.807) is 16.7 Å². The summed E-state index contributed by atoms with van der Waals surface area (Å²) < 4.78 is 19.9. The quantitative estimate of drug-likeness (QED) is 0.0836. The van der Waals surface area contributed by atoms with Gasteiger partial charge in [0.2, 0.25) is 0 Å². The van der Waals surface area contributed by atoms with E-state index in [0.29, 0.717) is 27.1 Å². The molecular weight excluding hydrogens is 638 g/mol. The number of non-ortho nitro benzene ring substituents is 1. The predicted octanol–water partition coefficient (Wildman–Crippen LogP) is 5.85. The fourth-order valence-electron chi connectivity index (χ4n) is 4.53. The molecule has 0 saturated heterocycles. The maximum Gasteiger partial charge on any atom is 0.349 e. The van der Waals surface area contributed by atoms with Crippen molar-refractivity contribution in [1.29, 1.82) is 0 Å². The van der Waals surface area contributed by atoms with Crippen molar-refractivity contribution in [2.24, 2.45) is 0 Å². The summed E-state index contributed by atoms with van der Waals surface area (Å²) in [4.78, 5) is 65.8. The molecule has 2 aromatic carbocycles. The Labute approximate surface area is 272 Å². The minimum atomic E-state index is -0.827. The average molecular weight is 668 g/mol. The van der Waals surface area contributed by atoms with Gasteiger partial charge in [0.25, 0.3) is 5.69 Å². The number of allylic oxidation sites excluding steroid dienone is 1. The number of thioether (sulfide) groups is 1. The molecule has 240 valence electrons. The zero-order valence-electron chi connectivity index (χ0n) is 25.6. The molecule has 46 heavy (non-hydrogen) atoms. The van der Waals surface area contributed by atoms with Gasteiger partial charge in [0.1, 0.15) is 25.4 Å². The number of fused-ring (bicyclic) bond motifs is 1. The van der Waals surface area contributed by atoms with Gasteiger partial charge >= 0.3 is 23.9 Å². The number of anilines is 3. The minimum absolute atomic E-state index is 0.0440. The lowest BCUT2D eigenvalue weighted by molar-refractivity contribution is -0.384. The lowest BCUT2D eigenvalue weighted by Gasteiger charge is -2.39. The first kappa shape index (κ1) is 33.7. The van der Waals surface area contributed by atoms with Crippen LogP contribution in [0.2, 0.25) is 0 Å². The van der Waals surface area contributed by atoms with E-state index >= 15 is 0 Å². The molecule has 3 aromatic rings. The molecule has 0 radical (unpaired) electrons. The third-order valence-electron chi connectivity index (χ3n) is 6.84. The first-order valence-corrected chi connectivity index (χ1v) is 15.1. The van der Waals surface area contributed by atoms with E-state index < -0.39 is 28.8 Å². The lowest BCUT2D eigenvalue weighted by atomic mass is 10.1. The Morgan fingerprint density at radius 2 is 1.52 bits per heavy atom. The van der Waals surface area contributed by atoms with Gasteiger partial charge in [0, 0.05) is 36.1 Å². The van der Waals surface area contributed by atoms with Crippen molar-refractivity contribution >= 4 is 69.0 Å². The van der Waals surface area contributed by atoms with Gasteiger partial charge in [-0.1, -0.05) is 41.6 Å². The van der Waals surface area contributed by atoms with Crippen LogP contribution in [0.15, 0.2) is 70.2 Å². The van der Waals surface area contributed by atoms with E-state index in [1.807, 2.05) is 31.2 Å². The number of carbonyl (C=O) groups is 4. The van der Waals surface area contributed by atoms with Gasteiger partial charge in [0.05, 0.1) is 39.0 Å². The van der Waals surface area contributed by atoms with Crippen LogP contribution in [-0.4, -0.2) is 57.2 Å². The molecule has 0 amide bonds. The molecule has 0 saturated carbocycles. The molecule has 1 aromatic heterocycles. The normalized spacial score (nSPS) is 12.8. The van der Waals surface area contributed by atoms with Gasteiger partial charge in [-0.3, -0.25) is 15.0 Å². The van der Waals surface area contributed by atoms with Crippen molar-refractivity contribution in [1.82, 2.24) is 0 Å². The number of rotatable bonds is 10. The van der Waals surface area contributed by atoms with Gasteiger partial charge in [-0.05, 0) is 31.5 Å². The van der Waals surface area contributed by atoms with E-state index in [0.717, 1.165) is 54.5 Å². The van der Waals surface area contributed by atoms with Gasteiger partial charge < -0.3 is 23.8 Å². The van der Waals surface area contributed by atoms with Crippen LogP contribution >= 0.6 is 23.1 Å². The molecule has 0 spiro atoms. The average Bonchev–Trinajstić information content (AvgIpc) is 3.46. The summed E-state index contributed by atoms with van der Waals surface area (Å²) in [5, 5.41) is 12.2. The monoisotopic (exact) mass is 667 g/mol. The van der Waals surface area contributed by atoms with Crippen molar-refractivity contribution in [3.8, 4) is 0 Å².